The van der Waals surface area contributed by atoms with Gasteiger partial charge in [0, 0.05) is 0 Å². The van der Waals surface area contributed by atoms with Crippen LogP contribution in [0.5, 0.6) is 0 Å². The normalized spacial score (nSPS) is 11.2. The molecule has 0 aliphatic carbocycles. The first-order valence-corrected chi connectivity index (χ1v) is 9.29. The summed E-state index contributed by atoms with van der Waals surface area (Å²) in [5.74, 6) is -1.05. The van der Waals surface area contributed by atoms with E-state index >= 15 is 0 Å². The second kappa shape index (κ2) is 7.01. The molecular weight excluding hydrogens is 340 g/mol. The molecule has 0 amide bonds. The minimum Gasteiger partial charge on any atom is -0.207 e. The molecule has 3 aromatic rings. The molecule has 0 radical (unpaired) electrons. The average molecular weight is 358 g/mol. The first-order valence-electron chi connectivity index (χ1n) is 7.95. The molecule has 0 unspecified atom stereocenters. The molecule has 0 spiro atoms. The van der Waals surface area contributed by atoms with Gasteiger partial charge < -0.3 is 0 Å². The van der Waals surface area contributed by atoms with E-state index in [1.54, 1.807) is 18.2 Å². The van der Waals surface area contributed by atoms with E-state index in [0.717, 1.165) is 32.6 Å². The number of hydrogen-bond acceptors (Lipinski definition) is 0. The molecule has 0 aliphatic heterocycles. The quantitative estimate of drug-likeness (QED) is 0.591. The number of benzene rings is 3. The summed E-state index contributed by atoms with van der Waals surface area (Å²) in [5.41, 5.74) is 2.71. The van der Waals surface area contributed by atoms with Crippen molar-refractivity contribution in [3.05, 3.63) is 88.7 Å². The van der Waals surface area contributed by atoms with Gasteiger partial charge in [0.05, 0.1) is 0 Å². The molecule has 0 fully saturated rings. The number of hydrogen-bond donors (Lipinski definition) is 0. The second-order valence-electron chi connectivity index (χ2n) is 6.13. The Bertz CT molecular complexity index is 812. The number of halogens is 3. The van der Waals surface area contributed by atoms with Crippen molar-refractivity contribution in [2.45, 2.75) is 20.8 Å². The molecule has 128 valence electrons. The second-order valence-corrected chi connectivity index (χ2v) is 8.24. The van der Waals surface area contributed by atoms with Crippen LogP contribution in [0.15, 0.2) is 54.6 Å². The monoisotopic (exact) mass is 358 g/mol. The Balaban J connectivity index is 2.34. The van der Waals surface area contributed by atoms with Gasteiger partial charge in [0.2, 0.25) is 0 Å². The third-order valence-corrected chi connectivity index (χ3v) is 7.13. The van der Waals surface area contributed by atoms with Gasteiger partial charge in [-0.05, 0) is 97.7 Å². The average Bonchev–Trinajstić information content (AvgIpc) is 2.57. The van der Waals surface area contributed by atoms with Gasteiger partial charge in [-0.2, -0.15) is 0 Å². The van der Waals surface area contributed by atoms with E-state index in [0.29, 0.717) is 0 Å². The molecule has 3 aromatic carbocycles. The minimum absolute atomic E-state index is 0.351. The highest BCUT2D eigenvalue weighted by Crippen LogP contribution is 2.37. The highest BCUT2D eigenvalue weighted by Gasteiger charge is 2.23. The molecule has 0 nitrogen and oxygen atoms in total. The van der Waals surface area contributed by atoms with Crippen molar-refractivity contribution >= 4 is 23.8 Å². The SMILES string of the molecule is Cc1ccc(F)cc1P(c1cc(F)ccc1C)c1cc(F)ccc1C. The van der Waals surface area contributed by atoms with Crippen molar-refractivity contribution in [2.75, 3.05) is 0 Å². The zero-order valence-corrected chi connectivity index (χ0v) is 15.2. The highest BCUT2D eigenvalue weighted by molar-refractivity contribution is 7.80. The van der Waals surface area contributed by atoms with Crippen LogP contribution >= 0.6 is 7.92 Å². The summed E-state index contributed by atoms with van der Waals surface area (Å²) >= 11 is 0. The van der Waals surface area contributed by atoms with Crippen LogP contribution in [0.4, 0.5) is 13.2 Å². The van der Waals surface area contributed by atoms with Gasteiger partial charge in [-0.1, -0.05) is 18.2 Å². The molecule has 0 saturated carbocycles. The van der Waals surface area contributed by atoms with Crippen LogP contribution in [-0.2, 0) is 0 Å². The molecule has 0 bridgehead atoms. The third kappa shape index (κ3) is 3.62. The highest BCUT2D eigenvalue weighted by atomic mass is 31.1. The van der Waals surface area contributed by atoms with E-state index in [4.69, 9.17) is 0 Å². The minimum atomic E-state index is -1.28. The Kier molecular flexibility index (Phi) is 4.96. The van der Waals surface area contributed by atoms with Gasteiger partial charge >= 0.3 is 0 Å². The van der Waals surface area contributed by atoms with Gasteiger partial charge in [0.25, 0.3) is 0 Å². The predicted molar refractivity (Wildman–Crippen MR) is 99.2 cm³/mol. The van der Waals surface area contributed by atoms with Gasteiger partial charge in [-0.15, -0.1) is 0 Å². The van der Waals surface area contributed by atoms with Crippen LogP contribution in [0, 0.1) is 38.2 Å². The molecular formula is C21H18F3P. The zero-order valence-electron chi connectivity index (χ0n) is 14.3. The number of aryl methyl sites for hydroxylation is 3. The Hall–Kier alpha value is -2.12. The van der Waals surface area contributed by atoms with Crippen LogP contribution in [0.1, 0.15) is 16.7 Å². The Morgan fingerprint density at radius 3 is 1.08 bits per heavy atom. The summed E-state index contributed by atoms with van der Waals surface area (Å²) in [6, 6.07) is 13.8. The van der Waals surface area contributed by atoms with Gasteiger partial charge in [-0.3, -0.25) is 0 Å². The molecule has 0 N–H and O–H groups in total. The maximum absolute atomic E-state index is 14.0. The Labute approximate surface area is 147 Å². The fourth-order valence-corrected chi connectivity index (χ4v) is 5.68. The molecule has 0 aromatic heterocycles. The van der Waals surface area contributed by atoms with E-state index in [1.807, 2.05) is 20.8 Å². The van der Waals surface area contributed by atoms with E-state index in [1.165, 1.54) is 36.4 Å². The fourth-order valence-electron chi connectivity index (χ4n) is 2.86. The molecule has 0 saturated heterocycles. The van der Waals surface area contributed by atoms with Crippen molar-refractivity contribution in [3.8, 4) is 0 Å². The largest absolute Gasteiger partial charge is 0.207 e. The molecule has 0 atom stereocenters. The van der Waals surface area contributed by atoms with Crippen molar-refractivity contribution in [1.82, 2.24) is 0 Å². The lowest BCUT2D eigenvalue weighted by molar-refractivity contribution is 0.628. The van der Waals surface area contributed by atoms with Crippen molar-refractivity contribution in [3.63, 3.8) is 0 Å². The smallest absolute Gasteiger partial charge is 0.123 e. The predicted octanol–water partition coefficient (Wildman–Crippen LogP) is 4.79. The summed E-state index contributed by atoms with van der Waals surface area (Å²) in [4.78, 5) is 0. The van der Waals surface area contributed by atoms with Gasteiger partial charge in [0.15, 0.2) is 0 Å². The standard InChI is InChI=1S/C21H18F3P/c1-13-4-7-16(22)10-19(13)25(20-11-17(23)8-5-14(20)2)21-12-18(24)9-6-15(21)3/h4-12H,1-3H3. The van der Waals surface area contributed by atoms with Crippen LogP contribution in [0.25, 0.3) is 0 Å². The Morgan fingerprint density at radius 2 is 0.800 bits per heavy atom. The zero-order chi connectivity index (χ0) is 18.1. The summed E-state index contributed by atoms with van der Waals surface area (Å²) in [5, 5.41) is 2.33. The summed E-state index contributed by atoms with van der Waals surface area (Å²) in [6.45, 7) is 5.69. The molecule has 0 heterocycles. The van der Waals surface area contributed by atoms with Crippen molar-refractivity contribution in [2.24, 2.45) is 0 Å². The van der Waals surface area contributed by atoms with Crippen LogP contribution in [0.2, 0.25) is 0 Å². The van der Waals surface area contributed by atoms with Crippen molar-refractivity contribution in [1.29, 1.82) is 0 Å². The van der Waals surface area contributed by atoms with E-state index < -0.39 is 7.92 Å². The maximum atomic E-state index is 14.0. The summed E-state index contributed by atoms with van der Waals surface area (Å²) < 4.78 is 41.9. The van der Waals surface area contributed by atoms with Crippen LogP contribution in [-0.4, -0.2) is 0 Å². The van der Waals surface area contributed by atoms with Gasteiger partial charge in [-0.25, -0.2) is 13.2 Å². The molecule has 3 rings (SSSR count). The lowest BCUT2D eigenvalue weighted by Crippen LogP contribution is -2.26. The van der Waals surface area contributed by atoms with E-state index in [2.05, 4.69) is 0 Å². The molecule has 0 aliphatic rings. The van der Waals surface area contributed by atoms with Crippen LogP contribution in [0.3, 0.4) is 0 Å². The third-order valence-electron chi connectivity index (χ3n) is 4.24. The lowest BCUT2D eigenvalue weighted by atomic mass is 10.2. The first-order chi connectivity index (χ1) is 11.9. The topological polar surface area (TPSA) is 0 Å². The maximum Gasteiger partial charge on any atom is 0.123 e. The first kappa shape index (κ1) is 17.7. The van der Waals surface area contributed by atoms with Crippen molar-refractivity contribution < 1.29 is 13.2 Å². The molecule has 25 heavy (non-hydrogen) atoms. The van der Waals surface area contributed by atoms with Crippen LogP contribution < -0.4 is 15.9 Å². The molecule has 4 heteroatoms. The van der Waals surface area contributed by atoms with E-state index in [9.17, 15) is 13.2 Å². The summed E-state index contributed by atoms with van der Waals surface area (Å²) in [6.07, 6.45) is 0. The summed E-state index contributed by atoms with van der Waals surface area (Å²) in [7, 11) is -1.28. The van der Waals surface area contributed by atoms with Gasteiger partial charge in [0.1, 0.15) is 17.5 Å². The van der Waals surface area contributed by atoms with E-state index in [-0.39, 0.29) is 17.5 Å². The number of rotatable bonds is 3. The Morgan fingerprint density at radius 1 is 0.520 bits per heavy atom. The fraction of sp³-hybridized carbons (Fsp3) is 0.143. The lowest BCUT2D eigenvalue weighted by Gasteiger charge is -2.24.